The molecule has 2 N–H and O–H groups in total. The Balaban J connectivity index is 1.69. The van der Waals surface area contributed by atoms with Gasteiger partial charge in [0, 0.05) is 18.4 Å². The maximum absolute atomic E-state index is 12.7. The van der Waals surface area contributed by atoms with Gasteiger partial charge in [0.2, 0.25) is 0 Å². The van der Waals surface area contributed by atoms with E-state index in [1.165, 1.54) is 32.1 Å². The van der Waals surface area contributed by atoms with Crippen LogP contribution in [0.4, 0.5) is 11.4 Å². The van der Waals surface area contributed by atoms with Crippen LogP contribution in [0.5, 0.6) is 5.75 Å². The first-order valence-corrected chi connectivity index (χ1v) is 9.40. The second kappa shape index (κ2) is 8.70. The Kier molecular flexibility index (Phi) is 6.10. The number of hydrogen-bond acceptors (Lipinski definition) is 4. The monoisotopic (exact) mass is 353 g/mol. The van der Waals surface area contributed by atoms with E-state index >= 15 is 0 Å². The zero-order chi connectivity index (χ0) is 18.4. The van der Waals surface area contributed by atoms with Crippen molar-refractivity contribution < 1.29 is 9.53 Å². The summed E-state index contributed by atoms with van der Waals surface area (Å²) in [4.78, 5) is 16.9. The molecule has 1 fully saturated rings. The minimum Gasteiger partial charge on any atom is -0.489 e. The van der Waals surface area contributed by atoms with Crippen molar-refractivity contribution >= 4 is 17.3 Å². The van der Waals surface area contributed by atoms with E-state index in [-0.39, 0.29) is 12.0 Å². The van der Waals surface area contributed by atoms with Crippen molar-refractivity contribution in [2.45, 2.75) is 58.1 Å². The molecule has 1 aromatic heterocycles. The summed E-state index contributed by atoms with van der Waals surface area (Å²) in [5.41, 5.74) is 2.10. The average Bonchev–Trinajstić information content (AvgIpc) is 2.64. The van der Waals surface area contributed by atoms with Crippen molar-refractivity contribution in [1.29, 1.82) is 0 Å². The van der Waals surface area contributed by atoms with Crippen LogP contribution in [0.1, 0.15) is 56.3 Å². The maximum Gasteiger partial charge on any atom is 0.257 e. The molecule has 0 spiro atoms. The molecule has 0 unspecified atom stereocenters. The minimum absolute atomic E-state index is 0.0396. The number of hydrogen-bond donors (Lipinski definition) is 2. The molecular formula is C21H27N3O2. The first kappa shape index (κ1) is 18.2. The van der Waals surface area contributed by atoms with Crippen LogP contribution in [0.15, 0.2) is 42.7 Å². The van der Waals surface area contributed by atoms with E-state index in [1.807, 2.05) is 44.2 Å². The Morgan fingerprint density at radius 1 is 1.15 bits per heavy atom. The van der Waals surface area contributed by atoms with E-state index in [0.29, 0.717) is 23.0 Å². The summed E-state index contributed by atoms with van der Waals surface area (Å²) < 4.78 is 5.76. The largest absolute Gasteiger partial charge is 0.489 e. The van der Waals surface area contributed by atoms with Crippen LogP contribution in [0, 0.1) is 0 Å². The number of benzene rings is 1. The van der Waals surface area contributed by atoms with Gasteiger partial charge in [0.25, 0.3) is 5.91 Å². The molecule has 1 amide bonds. The number of nitrogens with zero attached hydrogens (tertiary/aromatic N) is 1. The van der Waals surface area contributed by atoms with Gasteiger partial charge in [-0.1, -0.05) is 31.4 Å². The molecule has 1 heterocycles. The molecule has 26 heavy (non-hydrogen) atoms. The molecule has 2 aromatic rings. The second-order valence-corrected chi connectivity index (χ2v) is 7.06. The van der Waals surface area contributed by atoms with Gasteiger partial charge in [-0.15, -0.1) is 0 Å². The van der Waals surface area contributed by atoms with Crippen molar-refractivity contribution in [2.24, 2.45) is 0 Å². The number of para-hydroxylation sites is 2. The number of anilines is 2. The number of nitrogens with one attached hydrogen (secondary N) is 2. The lowest BCUT2D eigenvalue weighted by molar-refractivity contribution is 0.102. The molecule has 5 heteroatoms. The SMILES string of the molecule is CC(C)Oc1ccccc1NC(=O)c1cncc(NC2CCCCC2)c1. The molecule has 1 saturated carbocycles. The average molecular weight is 353 g/mol. The first-order chi connectivity index (χ1) is 12.6. The molecule has 1 aromatic carbocycles. The topological polar surface area (TPSA) is 63.2 Å². The second-order valence-electron chi connectivity index (χ2n) is 7.06. The third-order valence-electron chi connectivity index (χ3n) is 4.47. The fourth-order valence-electron chi connectivity index (χ4n) is 3.25. The summed E-state index contributed by atoms with van der Waals surface area (Å²) in [7, 11) is 0. The van der Waals surface area contributed by atoms with Crippen LogP contribution >= 0.6 is 0 Å². The van der Waals surface area contributed by atoms with Crippen LogP contribution in [-0.2, 0) is 0 Å². The highest BCUT2D eigenvalue weighted by Gasteiger charge is 2.15. The summed E-state index contributed by atoms with van der Waals surface area (Å²) in [6.45, 7) is 3.92. The van der Waals surface area contributed by atoms with E-state index in [9.17, 15) is 4.79 Å². The lowest BCUT2D eigenvalue weighted by Crippen LogP contribution is -2.22. The lowest BCUT2D eigenvalue weighted by Gasteiger charge is -2.23. The van der Waals surface area contributed by atoms with Gasteiger partial charge in [-0.2, -0.15) is 0 Å². The summed E-state index contributed by atoms with van der Waals surface area (Å²) in [5, 5.41) is 6.44. The molecule has 0 saturated heterocycles. The predicted octanol–water partition coefficient (Wildman–Crippen LogP) is 4.87. The van der Waals surface area contributed by atoms with Crippen molar-refractivity contribution in [2.75, 3.05) is 10.6 Å². The fraction of sp³-hybridized carbons (Fsp3) is 0.429. The van der Waals surface area contributed by atoms with Crippen LogP contribution in [0.3, 0.4) is 0 Å². The van der Waals surface area contributed by atoms with Crippen LogP contribution in [-0.4, -0.2) is 23.0 Å². The maximum atomic E-state index is 12.7. The number of rotatable bonds is 6. The highest BCUT2D eigenvalue weighted by atomic mass is 16.5. The van der Waals surface area contributed by atoms with E-state index in [2.05, 4.69) is 15.6 Å². The van der Waals surface area contributed by atoms with Crippen LogP contribution in [0.2, 0.25) is 0 Å². The van der Waals surface area contributed by atoms with Crippen LogP contribution < -0.4 is 15.4 Å². The Morgan fingerprint density at radius 2 is 1.92 bits per heavy atom. The highest BCUT2D eigenvalue weighted by molar-refractivity contribution is 6.05. The van der Waals surface area contributed by atoms with Gasteiger partial charge in [0.05, 0.1) is 23.0 Å². The van der Waals surface area contributed by atoms with Crippen molar-refractivity contribution in [3.05, 3.63) is 48.3 Å². The Labute approximate surface area is 155 Å². The molecule has 0 aliphatic heterocycles. The summed E-state index contributed by atoms with van der Waals surface area (Å²) in [5.74, 6) is 0.477. The van der Waals surface area contributed by atoms with Gasteiger partial charge in [-0.3, -0.25) is 9.78 Å². The molecule has 5 nitrogen and oxygen atoms in total. The zero-order valence-corrected chi connectivity index (χ0v) is 15.5. The van der Waals surface area contributed by atoms with Crippen molar-refractivity contribution in [3.8, 4) is 5.75 Å². The van der Waals surface area contributed by atoms with Gasteiger partial charge in [-0.25, -0.2) is 0 Å². The molecule has 3 rings (SSSR count). The quantitative estimate of drug-likeness (QED) is 0.778. The number of aromatic nitrogens is 1. The van der Waals surface area contributed by atoms with E-state index in [0.717, 1.165) is 5.69 Å². The molecular weight excluding hydrogens is 326 g/mol. The van der Waals surface area contributed by atoms with Gasteiger partial charge in [0.1, 0.15) is 5.75 Å². The fourth-order valence-corrected chi connectivity index (χ4v) is 3.25. The normalized spacial score (nSPS) is 14.9. The minimum atomic E-state index is -0.190. The van der Waals surface area contributed by atoms with Gasteiger partial charge < -0.3 is 15.4 Å². The van der Waals surface area contributed by atoms with E-state index in [1.54, 1.807) is 12.4 Å². The van der Waals surface area contributed by atoms with E-state index < -0.39 is 0 Å². The number of pyridine rings is 1. The standard InChI is InChI=1S/C21H27N3O2/c1-15(2)26-20-11-7-6-10-19(20)24-21(25)16-12-18(14-22-13-16)23-17-8-4-3-5-9-17/h6-7,10-15,17,23H,3-5,8-9H2,1-2H3,(H,24,25). The molecule has 0 radical (unpaired) electrons. The van der Waals surface area contributed by atoms with Gasteiger partial charge in [0.15, 0.2) is 0 Å². The molecule has 1 aliphatic rings. The number of amides is 1. The summed E-state index contributed by atoms with van der Waals surface area (Å²) in [6, 6.07) is 9.81. The molecule has 138 valence electrons. The molecule has 1 aliphatic carbocycles. The van der Waals surface area contributed by atoms with Crippen LogP contribution in [0.25, 0.3) is 0 Å². The highest BCUT2D eigenvalue weighted by Crippen LogP contribution is 2.26. The third-order valence-corrected chi connectivity index (χ3v) is 4.47. The van der Waals surface area contributed by atoms with Crippen molar-refractivity contribution in [1.82, 2.24) is 4.98 Å². The summed E-state index contributed by atoms with van der Waals surface area (Å²) in [6.07, 6.45) is 9.60. The zero-order valence-electron chi connectivity index (χ0n) is 15.5. The van der Waals surface area contributed by atoms with E-state index in [4.69, 9.17) is 4.74 Å². The number of carbonyl (C=O) groups excluding carboxylic acids is 1. The first-order valence-electron chi connectivity index (χ1n) is 9.40. The van der Waals surface area contributed by atoms with Gasteiger partial charge >= 0.3 is 0 Å². The predicted molar refractivity (Wildman–Crippen MR) is 105 cm³/mol. The Morgan fingerprint density at radius 3 is 2.69 bits per heavy atom. The third kappa shape index (κ3) is 4.97. The van der Waals surface area contributed by atoms with Gasteiger partial charge in [-0.05, 0) is 44.9 Å². The smallest absolute Gasteiger partial charge is 0.257 e. The Hall–Kier alpha value is -2.56. The van der Waals surface area contributed by atoms with Crippen molar-refractivity contribution in [3.63, 3.8) is 0 Å². The Bertz CT molecular complexity index is 740. The number of carbonyl (C=O) groups is 1. The number of ether oxygens (including phenoxy) is 1. The summed E-state index contributed by atoms with van der Waals surface area (Å²) >= 11 is 0. The molecule has 0 bridgehead atoms. The molecule has 0 atom stereocenters. The lowest BCUT2D eigenvalue weighted by atomic mass is 9.95.